The van der Waals surface area contributed by atoms with Gasteiger partial charge in [-0.1, -0.05) is 35.5 Å². The second-order valence-electron chi connectivity index (χ2n) is 3.48. The lowest BCUT2D eigenvalue weighted by atomic mass is 9.93. The Labute approximate surface area is 92.8 Å². The molecule has 2 rings (SSSR count). The van der Waals surface area contributed by atoms with Gasteiger partial charge in [-0.3, -0.25) is 4.79 Å². The van der Waals surface area contributed by atoms with Crippen LogP contribution >= 0.6 is 0 Å². The Bertz CT molecular complexity index is 477. The zero-order valence-electron chi connectivity index (χ0n) is 8.75. The molecule has 1 unspecified atom stereocenters. The van der Waals surface area contributed by atoms with Gasteiger partial charge in [-0.2, -0.15) is 0 Å². The van der Waals surface area contributed by atoms with Crippen LogP contribution in [0.4, 0.5) is 0 Å². The molecule has 1 atom stereocenters. The van der Waals surface area contributed by atoms with Crippen molar-refractivity contribution in [2.75, 3.05) is 0 Å². The molecule has 82 valence electrons. The molecule has 1 aromatic rings. The highest BCUT2D eigenvalue weighted by molar-refractivity contribution is 6.05. The average Bonchev–Trinajstić information content (AvgIpc) is 2.29. The summed E-state index contributed by atoms with van der Waals surface area (Å²) in [5.41, 5.74) is 2.11. The van der Waals surface area contributed by atoms with Crippen molar-refractivity contribution in [2.45, 2.75) is 13.0 Å². The van der Waals surface area contributed by atoms with Crippen LogP contribution in [0, 0.1) is 0 Å². The van der Waals surface area contributed by atoms with Crippen LogP contribution in [-0.4, -0.2) is 16.9 Å². The zero-order valence-corrected chi connectivity index (χ0v) is 8.75. The maximum Gasteiger partial charge on any atom is 0.303 e. The number of rotatable bonds is 1. The van der Waals surface area contributed by atoms with Gasteiger partial charge in [0.1, 0.15) is 5.71 Å². The molecule has 0 saturated carbocycles. The first-order valence-corrected chi connectivity index (χ1v) is 4.88. The van der Waals surface area contributed by atoms with Crippen molar-refractivity contribution in [2.24, 2.45) is 5.16 Å². The number of hydrogen-bond donors (Lipinski definition) is 1. The van der Waals surface area contributed by atoms with Crippen LogP contribution < -0.4 is 0 Å². The second-order valence-corrected chi connectivity index (χ2v) is 3.48. The lowest BCUT2D eigenvalue weighted by Crippen LogP contribution is -2.20. The minimum absolute atomic E-state index is 0.328. The first-order chi connectivity index (χ1) is 7.72. The molecule has 0 spiro atoms. The summed E-state index contributed by atoms with van der Waals surface area (Å²) in [6.45, 7) is 1.33. The van der Waals surface area contributed by atoms with Crippen LogP contribution in [0.1, 0.15) is 24.2 Å². The molecule has 4 heteroatoms. The fourth-order valence-electron chi connectivity index (χ4n) is 1.70. The van der Waals surface area contributed by atoms with Gasteiger partial charge < -0.3 is 9.94 Å². The Morgan fingerprint density at radius 1 is 1.38 bits per heavy atom. The molecule has 1 aliphatic carbocycles. The third-order valence-corrected chi connectivity index (χ3v) is 2.38. The van der Waals surface area contributed by atoms with Crippen LogP contribution in [0.5, 0.6) is 0 Å². The number of fused-ring (bicyclic) bond motifs is 1. The summed E-state index contributed by atoms with van der Waals surface area (Å²) in [6, 6.07) is 7.51. The number of ether oxygens (including phenoxy) is 1. The summed E-state index contributed by atoms with van der Waals surface area (Å²) >= 11 is 0. The third-order valence-electron chi connectivity index (χ3n) is 2.38. The molecule has 0 radical (unpaired) electrons. The van der Waals surface area contributed by atoms with E-state index in [0.717, 1.165) is 11.1 Å². The predicted molar refractivity (Wildman–Crippen MR) is 59.2 cm³/mol. The molecule has 0 heterocycles. The van der Waals surface area contributed by atoms with Crippen LogP contribution in [0.2, 0.25) is 0 Å². The van der Waals surface area contributed by atoms with E-state index < -0.39 is 12.1 Å². The summed E-state index contributed by atoms with van der Waals surface area (Å²) in [4.78, 5) is 11.0. The Kier molecular flexibility index (Phi) is 2.72. The maximum atomic E-state index is 11.0. The van der Waals surface area contributed by atoms with Crippen LogP contribution in [0.3, 0.4) is 0 Å². The van der Waals surface area contributed by atoms with E-state index in [4.69, 9.17) is 9.94 Å². The molecular weight excluding hydrogens is 206 g/mol. The van der Waals surface area contributed by atoms with Gasteiger partial charge in [0.05, 0.1) is 0 Å². The van der Waals surface area contributed by atoms with Gasteiger partial charge in [0.15, 0.2) is 6.10 Å². The van der Waals surface area contributed by atoms with E-state index in [0.29, 0.717) is 5.71 Å². The number of carbonyl (C=O) groups is 1. The largest absolute Gasteiger partial charge is 0.451 e. The van der Waals surface area contributed by atoms with E-state index in [-0.39, 0.29) is 0 Å². The molecule has 4 nitrogen and oxygen atoms in total. The third kappa shape index (κ3) is 1.82. The van der Waals surface area contributed by atoms with Crippen LogP contribution in [0.25, 0.3) is 6.08 Å². The van der Waals surface area contributed by atoms with Gasteiger partial charge in [0.2, 0.25) is 0 Å². The van der Waals surface area contributed by atoms with Gasteiger partial charge in [-0.05, 0) is 11.6 Å². The summed E-state index contributed by atoms with van der Waals surface area (Å²) in [7, 11) is 0. The highest BCUT2D eigenvalue weighted by Gasteiger charge is 2.25. The normalized spacial score (nSPS) is 20.6. The van der Waals surface area contributed by atoms with Crippen molar-refractivity contribution in [1.82, 2.24) is 0 Å². The predicted octanol–water partition coefficient (Wildman–Crippen LogP) is 2.15. The monoisotopic (exact) mass is 217 g/mol. The van der Waals surface area contributed by atoms with Gasteiger partial charge >= 0.3 is 5.97 Å². The zero-order chi connectivity index (χ0) is 11.5. The van der Waals surface area contributed by atoms with Crippen molar-refractivity contribution in [1.29, 1.82) is 0 Å². The highest BCUT2D eigenvalue weighted by Crippen LogP contribution is 2.28. The Morgan fingerprint density at radius 3 is 2.81 bits per heavy atom. The molecule has 0 fully saturated rings. The Hall–Kier alpha value is -2.10. The van der Waals surface area contributed by atoms with Crippen LogP contribution in [-0.2, 0) is 9.53 Å². The van der Waals surface area contributed by atoms with Crippen molar-refractivity contribution < 1.29 is 14.7 Å². The fraction of sp³-hybridized carbons (Fsp3) is 0.167. The Morgan fingerprint density at radius 2 is 2.12 bits per heavy atom. The highest BCUT2D eigenvalue weighted by atomic mass is 16.5. The molecule has 0 aromatic heterocycles. The van der Waals surface area contributed by atoms with Crippen molar-refractivity contribution in [3.63, 3.8) is 0 Å². The standard InChI is InChI=1S/C12H11NO3/c1-8(14)16-12-10-5-3-2-4-9(10)6-7-11(12)13-15/h2-7,12,15H,1H3. The van der Waals surface area contributed by atoms with Crippen molar-refractivity contribution in [3.05, 3.63) is 41.5 Å². The van der Waals surface area contributed by atoms with Gasteiger partial charge in [0.25, 0.3) is 0 Å². The van der Waals surface area contributed by atoms with Gasteiger partial charge in [-0.15, -0.1) is 0 Å². The van der Waals surface area contributed by atoms with E-state index in [1.54, 1.807) is 6.08 Å². The van der Waals surface area contributed by atoms with Crippen molar-refractivity contribution >= 4 is 17.8 Å². The quantitative estimate of drug-likeness (QED) is 0.445. The average molecular weight is 217 g/mol. The van der Waals surface area contributed by atoms with E-state index in [1.807, 2.05) is 30.3 Å². The molecule has 1 N–H and O–H groups in total. The van der Waals surface area contributed by atoms with Gasteiger partial charge in [-0.25, -0.2) is 0 Å². The maximum absolute atomic E-state index is 11.0. The summed E-state index contributed by atoms with van der Waals surface area (Å²) in [6.07, 6.45) is 2.84. The van der Waals surface area contributed by atoms with E-state index in [2.05, 4.69) is 5.16 Å². The van der Waals surface area contributed by atoms with E-state index in [9.17, 15) is 4.79 Å². The number of nitrogens with zero attached hydrogens (tertiary/aromatic N) is 1. The first kappa shape index (κ1) is 10.4. The lowest BCUT2D eigenvalue weighted by Gasteiger charge is -2.21. The summed E-state index contributed by atoms with van der Waals surface area (Å²) in [5.74, 6) is -0.406. The minimum Gasteiger partial charge on any atom is -0.451 e. The topological polar surface area (TPSA) is 58.9 Å². The SMILES string of the molecule is CC(=O)OC1C(=NO)C=Cc2ccccc21. The van der Waals surface area contributed by atoms with Gasteiger partial charge in [0, 0.05) is 12.5 Å². The number of carbonyl (C=O) groups excluding carboxylic acids is 1. The van der Waals surface area contributed by atoms with E-state index in [1.165, 1.54) is 6.92 Å². The molecule has 16 heavy (non-hydrogen) atoms. The number of benzene rings is 1. The lowest BCUT2D eigenvalue weighted by molar-refractivity contribution is -0.143. The molecule has 1 aliphatic rings. The Balaban J connectivity index is 2.46. The van der Waals surface area contributed by atoms with Crippen molar-refractivity contribution in [3.8, 4) is 0 Å². The molecule has 0 saturated heterocycles. The number of hydrogen-bond acceptors (Lipinski definition) is 4. The fourth-order valence-corrected chi connectivity index (χ4v) is 1.70. The smallest absolute Gasteiger partial charge is 0.303 e. The summed E-state index contributed by atoms with van der Waals surface area (Å²) < 4.78 is 5.14. The molecular formula is C12H11NO3. The molecule has 0 bridgehead atoms. The second kappa shape index (κ2) is 4.18. The molecule has 0 aliphatic heterocycles. The summed E-state index contributed by atoms with van der Waals surface area (Å²) in [5, 5.41) is 12.0. The first-order valence-electron chi connectivity index (χ1n) is 4.88. The minimum atomic E-state index is -0.622. The van der Waals surface area contributed by atoms with E-state index >= 15 is 0 Å². The molecule has 1 aromatic carbocycles. The molecule has 0 amide bonds. The number of esters is 1. The number of oxime groups is 1. The van der Waals surface area contributed by atoms with Crippen LogP contribution in [0.15, 0.2) is 35.5 Å².